The lowest BCUT2D eigenvalue weighted by molar-refractivity contribution is 0.0697. The Morgan fingerprint density at radius 2 is 2.20 bits per heavy atom. The summed E-state index contributed by atoms with van der Waals surface area (Å²) in [6.07, 6.45) is 1.62. The third-order valence-electron chi connectivity index (χ3n) is 2.52. The second kappa shape index (κ2) is 5.15. The van der Waals surface area contributed by atoms with Crippen molar-refractivity contribution in [2.45, 2.75) is 10.2 Å². The quantitative estimate of drug-likeness (QED) is 0.794. The molecule has 0 amide bonds. The number of carboxylic acids is 1. The molecule has 0 bridgehead atoms. The van der Waals surface area contributed by atoms with Crippen LogP contribution in [0.4, 0.5) is 0 Å². The minimum absolute atomic E-state index is 0.154. The van der Waals surface area contributed by atoms with Gasteiger partial charge in [-0.15, -0.1) is 0 Å². The van der Waals surface area contributed by atoms with Crippen LogP contribution < -0.4 is 0 Å². The van der Waals surface area contributed by atoms with E-state index in [2.05, 4.69) is 9.97 Å². The largest absolute Gasteiger partial charge is 0.478 e. The van der Waals surface area contributed by atoms with Crippen molar-refractivity contribution in [1.82, 2.24) is 9.97 Å². The smallest absolute Gasteiger partial charge is 0.335 e. The summed E-state index contributed by atoms with van der Waals surface area (Å²) in [7, 11) is 0. The van der Waals surface area contributed by atoms with Gasteiger partial charge in [0.2, 0.25) is 0 Å². The molecule has 0 aliphatic rings. The zero-order valence-corrected chi connectivity index (χ0v) is 11.5. The summed E-state index contributed by atoms with van der Waals surface area (Å²) in [6.45, 7) is 0. The summed E-state index contributed by atoms with van der Waals surface area (Å²) in [5.74, 6) is -1.01. The molecule has 5 nitrogen and oxygen atoms in total. The second-order valence-corrected chi connectivity index (χ2v) is 5.21. The molecule has 0 aliphatic heterocycles. The Morgan fingerprint density at radius 1 is 1.35 bits per heavy atom. The van der Waals surface area contributed by atoms with E-state index in [0.717, 1.165) is 0 Å². The summed E-state index contributed by atoms with van der Waals surface area (Å²) in [6, 6.07) is 7.98. The lowest BCUT2D eigenvalue weighted by atomic mass is 10.2. The number of halogens is 1. The van der Waals surface area contributed by atoms with Crippen LogP contribution in [0, 0.1) is 0 Å². The van der Waals surface area contributed by atoms with Crippen molar-refractivity contribution in [2.75, 3.05) is 0 Å². The Morgan fingerprint density at radius 3 is 2.95 bits per heavy atom. The number of pyridine rings is 1. The molecule has 0 spiro atoms. The summed E-state index contributed by atoms with van der Waals surface area (Å²) in [5.41, 5.74) is 1.16. The molecule has 1 aromatic carbocycles. The molecule has 100 valence electrons. The van der Waals surface area contributed by atoms with Gasteiger partial charge in [-0.2, -0.15) is 0 Å². The maximum Gasteiger partial charge on any atom is 0.335 e. The highest BCUT2D eigenvalue weighted by Gasteiger charge is 2.12. The van der Waals surface area contributed by atoms with Crippen molar-refractivity contribution < 1.29 is 14.3 Å². The van der Waals surface area contributed by atoms with Crippen LogP contribution in [0.1, 0.15) is 10.4 Å². The van der Waals surface area contributed by atoms with E-state index in [1.54, 1.807) is 24.4 Å². The zero-order valence-electron chi connectivity index (χ0n) is 9.91. The van der Waals surface area contributed by atoms with Gasteiger partial charge in [-0.1, -0.05) is 11.6 Å². The Hall–Kier alpha value is -2.05. The molecule has 0 unspecified atom stereocenters. The van der Waals surface area contributed by atoms with E-state index < -0.39 is 5.97 Å². The molecule has 0 atom stereocenters. The zero-order chi connectivity index (χ0) is 14.1. The van der Waals surface area contributed by atoms with Gasteiger partial charge in [0, 0.05) is 6.20 Å². The predicted molar refractivity (Wildman–Crippen MR) is 74.3 cm³/mol. The van der Waals surface area contributed by atoms with E-state index in [1.807, 2.05) is 0 Å². The Labute approximate surface area is 122 Å². The molecular weight excluding hydrogens is 300 g/mol. The molecule has 0 radical (unpaired) electrons. The van der Waals surface area contributed by atoms with E-state index in [0.29, 0.717) is 26.4 Å². The second-order valence-electron chi connectivity index (χ2n) is 3.86. The molecule has 7 heteroatoms. The number of benzene rings is 1. The minimum Gasteiger partial charge on any atom is -0.478 e. The van der Waals surface area contributed by atoms with Crippen molar-refractivity contribution in [3.05, 3.63) is 47.1 Å². The van der Waals surface area contributed by atoms with Crippen LogP contribution >= 0.6 is 23.4 Å². The molecule has 2 heterocycles. The summed E-state index contributed by atoms with van der Waals surface area (Å²) in [5, 5.41) is 10.4. The predicted octanol–water partition coefficient (Wildman–Crippen LogP) is 3.73. The van der Waals surface area contributed by atoms with Crippen LogP contribution in [0.15, 0.2) is 51.2 Å². The molecule has 0 saturated carbocycles. The van der Waals surface area contributed by atoms with Gasteiger partial charge in [0.1, 0.15) is 10.5 Å². The van der Waals surface area contributed by atoms with Crippen molar-refractivity contribution >= 4 is 40.4 Å². The first-order valence-electron chi connectivity index (χ1n) is 5.56. The average molecular weight is 307 g/mol. The normalized spacial score (nSPS) is 10.8. The average Bonchev–Trinajstić information content (AvgIpc) is 2.82. The highest BCUT2D eigenvalue weighted by Crippen LogP contribution is 2.32. The molecule has 20 heavy (non-hydrogen) atoms. The fourth-order valence-electron chi connectivity index (χ4n) is 1.61. The first kappa shape index (κ1) is 13.0. The summed E-state index contributed by atoms with van der Waals surface area (Å²) in [4.78, 5) is 19.3. The number of nitrogens with zero attached hydrogens (tertiary/aromatic N) is 2. The van der Waals surface area contributed by atoms with E-state index in [9.17, 15) is 4.79 Å². The van der Waals surface area contributed by atoms with Crippen LogP contribution in [0.25, 0.3) is 11.1 Å². The summed E-state index contributed by atoms with van der Waals surface area (Å²) < 4.78 is 5.51. The molecule has 0 fully saturated rings. The third kappa shape index (κ3) is 2.48. The molecule has 2 aromatic heterocycles. The van der Waals surface area contributed by atoms with Crippen LogP contribution in [-0.4, -0.2) is 21.0 Å². The number of rotatable bonds is 3. The van der Waals surface area contributed by atoms with Gasteiger partial charge in [-0.05, 0) is 42.1 Å². The van der Waals surface area contributed by atoms with Gasteiger partial charge >= 0.3 is 5.97 Å². The van der Waals surface area contributed by atoms with Crippen molar-refractivity contribution in [3.63, 3.8) is 0 Å². The maximum atomic E-state index is 10.9. The van der Waals surface area contributed by atoms with Crippen molar-refractivity contribution in [1.29, 1.82) is 0 Å². The van der Waals surface area contributed by atoms with Gasteiger partial charge in [0.15, 0.2) is 5.58 Å². The van der Waals surface area contributed by atoms with Crippen molar-refractivity contribution in [2.24, 2.45) is 0 Å². The molecule has 0 aliphatic carbocycles. The van der Waals surface area contributed by atoms with Crippen molar-refractivity contribution in [3.8, 4) is 0 Å². The summed E-state index contributed by atoms with van der Waals surface area (Å²) >= 11 is 7.20. The van der Waals surface area contributed by atoms with Gasteiger partial charge in [-0.25, -0.2) is 14.8 Å². The third-order valence-corrected chi connectivity index (χ3v) is 3.81. The van der Waals surface area contributed by atoms with Gasteiger partial charge in [0.25, 0.3) is 5.22 Å². The Balaban J connectivity index is 1.97. The highest BCUT2D eigenvalue weighted by atomic mass is 35.5. The lowest BCUT2D eigenvalue weighted by Gasteiger charge is -1.97. The Bertz CT molecular complexity index is 803. The number of carbonyl (C=O) groups is 1. The number of oxazole rings is 1. The topological polar surface area (TPSA) is 76.2 Å². The standard InChI is InChI=1S/C13H7ClN2O3S/c14-8-2-1-5-15-11(8)20-13-16-9-4-3-7(12(17)18)6-10(9)19-13/h1-6H,(H,17,18). The van der Waals surface area contributed by atoms with Crippen LogP contribution in [0.2, 0.25) is 5.02 Å². The van der Waals surface area contributed by atoms with Crippen LogP contribution in [0.5, 0.6) is 0 Å². The van der Waals surface area contributed by atoms with Crippen LogP contribution in [0.3, 0.4) is 0 Å². The van der Waals surface area contributed by atoms with Gasteiger partial charge < -0.3 is 9.52 Å². The van der Waals surface area contributed by atoms with Gasteiger partial charge in [0.05, 0.1) is 10.6 Å². The lowest BCUT2D eigenvalue weighted by Crippen LogP contribution is -1.94. The number of hydrogen-bond acceptors (Lipinski definition) is 5. The fourth-order valence-corrected chi connectivity index (χ4v) is 2.57. The SMILES string of the molecule is O=C(O)c1ccc2nc(Sc3ncccc3Cl)oc2c1. The first-order valence-corrected chi connectivity index (χ1v) is 6.75. The molecule has 3 aromatic rings. The van der Waals surface area contributed by atoms with E-state index in [1.165, 1.54) is 23.9 Å². The maximum absolute atomic E-state index is 10.9. The monoisotopic (exact) mass is 306 g/mol. The molecule has 0 saturated heterocycles. The molecule has 1 N–H and O–H groups in total. The fraction of sp³-hybridized carbons (Fsp3) is 0. The van der Waals surface area contributed by atoms with Crippen LogP contribution in [-0.2, 0) is 0 Å². The number of carboxylic acid groups (broad SMARTS) is 1. The number of aromatic carboxylic acids is 1. The first-order chi connectivity index (χ1) is 9.63. The highest BCUT2D eigenvalue weighted by molar-refractivity contribution is 7.99. The van der Waals surface area contributed by atoms with E-state index >= 15 is 0 Å². The van der Waals surface area contributed by atoms with E-state index in [-0.39, 0.29) is 5.56 Å². The molecule has 3 rings (SSSR count). The van der Waals surface area contributed by atoms with Gasteiger partial charge in [-0.3, -0.25) is 0 Å². The number of hydrogen-bond donors (Lipinski definition) is 1. The number of fused-ring (bicyclic) bond motifs is 1. The Kier molecular flexibility index (Phi) is 3.33. The molecular formula is C13H7ClN2O3S. The van der Waals surface area contributed by atoms with E-state index in [4.69, 9.17) is 21.1 Å². The number of aromatic nitrogens is 2. The minimum atomic E-state index is -1.01.